The Morgan fingerprint density at radius 2 is 1.85 bits per heavy atom. The SMILES string of the molecule is CCNC(=NCc1ccc(S(C)(=O)=O)c(C)c1)NCC(C)N(CC)CC. The molecule has 0 amide bonds. The Hall–Kier alpha value is -1.60. The topological polar surface area (TPSA) is 73.8 Å². The van der Waals surface area contributed by atoms with E-state index in [2.05, 4.69) is 41.3 Å². The van der Waals surface area contributed by atoms with Gasteiger partial charge in [0.05, 0.1) is 11.4 Å². The van der Waals surface area contributed by atoms with E-state index in [4.69, 9.17) is 0 Å². The van der Waals surface area contributed by atoms with E-state index in [-0.39, 0.29) is 0 Å². The summed E-state index contributed by atoms with van der Waals surface area (Å²) in [6, 6.07) is 5.81. The predicted molar refractivity (Wildman–Crippen MR) is 109 cm³/mol. The number of likely N-dealkylation sites (N-methyl/N-ethyl adjacent to an activating group) is 1. The third-order valence-electron chi connectivity index (χ3n) is 4.40. The largest absolute Gasteiger partial charge is 0.357 e. The molecule has 1 aromatic rings. The number of hydrogen-bond acceptors (Lipinski definition) is 4. The van der Waals surface area contributed by atoms with Gasteiger partial charge < -0.3 is 10.6 Å². The summed E-state index contributed by atoms with van der Waals surface area (Å²) in [5.41, 5.74) is 1.75. The van der Waals surface area contributed by atoms with Crippen LogP contribution in [0.3, 0.4) is 0 Å². The van der Waals surface area contributed by atoms with Gasteiger partial charge in [-0.15, -0.1) is 0 Å². The molecule has 0 aliphatic carbocycles. The fourth-order valence-corrected chi connectivity index (χ4v) is 3.92. The summed E-state index contributed by atoms with van der Waals surface area (Å²) in [7, 11) is -3.19. The number of nitrogens with zero attached hydrogens (tertiary/aromatic N) is 2. The maximum absolute atomic E-state index is 11.7. The van der Waals surface area contributed by atoms with Crippen molar-refractivity contribution in [2.45, 2.75) is 52.1 Å². The molecule has 0 spiro atoms. The molecule has 1 rings (SSSR count). The van der Waals surface area contributed by atoms with Crippen molar-refractivity contribution in [2.24, 2.45) is 4.99 Å². The first-order valence-corrected chi connectivity index (χ1v) is 11.2. The van der Waals surface area contributed by atoms with Crippen LogP contribution >= 0.6 is 0 Å². The van der Waals surface area contributed by atoms with Crippen molar-refractivity contribution in [1.29, 1.82) is 0 Å². The van der Waals surface area contributed by atoms with E-state index in [0.717, 1.165) is 43.3 Å². The Bertz CT molecular complexity index is 697. The van der Waals surface area contributed by atoms with Gasteiger partial charge in [-0.05, 0) is 51.1 Å². The number of aryl methyl sites for hydroxylation is 1. The lowest BCUT2D eigenvalue weighted by Crippen LogP contribution is -2.45. The minimum Gasteiger partial charge on any atom is -0.357 e. The van der Waals surface area contributed by atoms with Gasteiger partial charge in [0.25, 0.3) is 0 Å². The molecule has 0 saturated carbocycles. The molecule has 0 aliphatic rings. The highest BCUT2D eigenvalue weighted by atomic mass is 32.2. The smallest absolute Gasteiger partial charge is 0.191 e. The van der Waals surface area contributed by atoms with E-state index in [1.165, 1.54) is 6.26 Å². The molecule has 0 saturated heterocycles. The number of hydrogen-bond donors (Lipinski definition) is 2. The lowest BCUT2D eigenvalue weighted by molar-refractivity contribution is 0.231. The Morgan fingerprint density at radius 3 is 2.35 bits per heavy atom. The zero-order chi connectivity index (χ0) is 19.7. The van der Waals surface area contributed by atoms with Crippen molar-refractivity contribution in [1.82, 2.24) is 15.5 Å². The molecular formula is C19H34N4O2S. The number of benzene rings is 1. The van der Waals surface area contributed by atoms with Crippen LogP contribution in [0.25, 0.3) is 0 Å². The first-order valence-electron chi connectivity index (χ1n) is 9.28. The second-order valence-corrected chi connectivity index (χ2v) is 8.50. The van der Waals surface area contributed by atoms with Crippen LogP contribution in [0.2, 0.25) is 0 Å². The van der Waals surface area contributed by atoms with Gasteiger partial charge >= 0.3 is 0 Å². The third-order valence-corrected chi connectivity index (χ3v) is 5.66. The van der Waals surface area contributed by atoms with Crippen LogP contribution in [-0.2, 0) is 16.4 Å². The first-order chi connectivity index (χ1) is 12.2. The summed E-state index contributed by atoms with van der Waals surface area (Å²) < 4.78 is 23.4. The van der Waals surface area contributed by atoms with E-state index in [1.807, 2.05) is 26.0 Å². The molecule has 6 nitrogen and oxygen atoms in total. The molecular weight excluding hydrogens is 348 g/mol. The van der Waals surface area contributed by atoms with Crippen molar-refractivity contribution in [3.05, 3.63) is 29.3 Å². The van der Waals surface area contributed by atoms with Crippen LogP contribution in [0.4, 0.5) is 0 Å². The molecule has 0 radical (unpaired) electrons. The van der Waals surface area contributed by atoms with Gasteiger partial charge in [-0.2, -0.15) is 0 Å². The van der Waals surface area contributed by atoms with Gasteiger partial charge in [0, 0.05) is 25.4 Å². The monoisotopic (exact) mass is 382 g/mol. The van der Waals surface area contributed by atoms with E-state index in [1.54, 1.807) is 6.07 Å². The molecule has 1 aromatic carbocycles. The Morgan fingerprint density at radius 1 is 1.19 bits per heavy atom. The van der Waals surface area contributed by atoms with Crippen LogP contribution in [0.5, 0.6) is 0 Å². The number of nitrogens with one attached hydrogen (secondary N) is 2. The summed E-state index contributed by atoms with van der Waals surface area (Å²) in [5.74, 6) is 0.774. The molecule has 0 heterocycles. The lowest BCUT2D eigenvalue weighted by Gasteiger charge is -2.27. The Labute approximate surface area is 159 Å². The van der Waals surface area contributed by atoms with E-state index in [9.17, 15) is 8.42 Å². The van der Waals surface area contributed by atoms with Crippen molar-refractivity contribution in [3.8, 4) is 0 Å². The fourth-order valence-electron chi connectivity index (χ4n) is 2.96. The maximum atomic E-state index is 11.7. The van der Waals surface area contributed by atoms with Crippen molar-refractivity contribution < 1.29 is 8.42 Å². The van der Waals surface area contributed by atoms with Gasteiger partial charge in [-0.25, -0.2) is 13.4 Å². The molecule has 148 valence electrons. The van der Waals surface area contributed by atoms with Gasteiger partial charge in [0.2, 0.25) is 0 Å². The van der Waals surface area contributed by atoms with Gasteiger partial charge in [-0.1, -0.05) is 26.0 Å². The summed E-state index contributed by atoms with van der Waals surface area (Å²) in [6.45, 7) is 14.6. The van der Waals surface area contributed by atoms with Crippen molar-refractivity contribution in [3.63, 3.8) is 0 Å². The molecule has 0 fully saturated rings. The summed E-state index contributed by atoms with van der Waals surface area (Å²) in [5, 5.41) is 6.65. The van der Waals surface area contributed by atoms with Gasteiger partial charge in [0.1, 0.15) is 0 Å². The maximum Gasteiger partial charge on any atom is 0.191 e. The molecule has 1 unspecified atom stereocenters. The van der Waals surface area contributed by atoms with Gasteiger partial charge in [0.15, 0.2) is 15.8 Å². The van der Waals surface area contributed by atoms with E-state index < -0.39 is 9.84 Å². The standard InChI is InChI=1S/C19H34N4O2S/c1-7-20-19(21-13-16(5)23(8-2)9-3)22-14-17-10-11-18(15(4)12-17)26(6,24)25/h10-12,16H,7-9,13-14H2,1-6H3,(H2,20,21,22). The van der Waals surface area contributed by atoms with Crippen LogP contribution < -0.4 is 10.6 Å². The summed E-state index contributed by atoms with van der Waals surface area (Å²) >= 11 is 0. The second kappa shape index (κ2) is 10.5. The van der Waals surface area contributed by atoms with E-state index >= 15 is 0 Å². The second-order valence-electron chi connectivity index (χ2n) is 6.52. The lowest BCUT2D eigenvalue weighted by atomic mass is 10.1. The zero-order valence-corrected chi connectivity index (χ0v) is 17.8. The van der Waals surface area contributed by atoms with Gasteiger partial charge in [-0.3, -0.25) is 4.90 Å². The molecule has 26 heavy (non-hydrogen) atoms. The fraction of sp³-hybridized carbons (Fsp3) is 0.632. The third kappa shape index (κ3) is 6.96. The quantitative estimate of drug-likeness (QED) is 0.506. The van der Waals surface area contributed by atoms with Crippen LogP contribution in [0.15, 0.2) is 28.1 Å². The number of guanidine groups is 1. The molecule has 7 heteroatoms. The highest BCUT2D eigenvalue weighted by Crippen LogP contribution is 2.17. The highest BCUT2D eigenvalue weighted by molar-refractivity contribution is 7.90. The first kappa shape index (κ1) is 22.4. The normalized spacial score (nSPS) is 13.7. The average molecular weight is 383 g/mol. The summed E-state index contributed by atoms with van der Waals surface area (Å²) in [4.78, 5) is 7.40. The predicted octanol–water partition coefficient (Wildman–Crippen LogP) is 2.18. The molecule has 1 atom stereocenters. The zero-order valence-electron chi connectivity index (χ0n) is 17.0. The molecule has 0 aliphatic heterocycles. The van der Waals surface area contributed by atoms with E-state index in [0.29, 0.717) is 17.5 Å². The summed E-state index contributed by atoms with van der Waals surface area (Å²) in [6.07, 6.45) is 1.23. The van der Waals surface area contributed by atoms with Crippen LogP contribution in [0, 0.1) is 6.92 Å². The number of sulfone groups is 1. The average Bonchev–Trinajstić information content (AvgIpc) is 2.57. The van der Waals surface area contributed by atoms with Crippen molar-refractivity contribution >= 4 is 15.8 Å². The number of rotatable bonds is 9. The van der Waals surface area contributed by atoms with Crippen LogP contribution in [-0.4, -0.2) is 57.8 Å². The molecule has 2 N–H and O–H groups in total. The minimum atomic E-state index is -3.19. The Kier molecular flexibility index (Phi) is 9.08. The Balaban J connectivity index is 2.79. The van der Waals surface area contributed by atoms with Crippen LogP contribution in [0.1, 0.15) is 38.8 Å². The highest BCUT2D eigenvalue weighted by Gasteiger charge is 2.12. The minimum absolute atomic E-state index is 0.378. The molecule has 0 bridgehead atoms. The number of aliphatic imine (C=N–C) groups is 1. The van der Waals surface area contributed by atoms with Crippen molar-refractivity contribution in [2.75, 3.05) is 32.4 Å². The molecule has 0 aromatic heterocycles.